The number of hydrogen-bond donors (Lipinski definition) is 1. The van der Waals surface area contributed by atoms with Gasteiger partial charge in [-0.1, -0.05) is 12.1 Å². The standard InChI is InChI=1S/C16H11N5O4/c17-16-18-14(10-4-6-12(7-5-10)20(22)23)9-15(19-16)11-2-1-3-13(8-11)21(24)25/h1-9H,(H2,17,18,19). The van der Waals surface area contributed by atoms with E-state index in [1.165, 1.54) is 24.3 Å². The molecule has 0 fully saturated rings. The number of non-ortho nitro benzene ring substituents is 2. The third-order valence-electron chi connectivity index (χ3n) is 3.47. The lowest BCUT2D eigenvalue weighted by molar-refractivity contribution is -0.385. The summed E-state index contributed by atoms with van der Waals surface area (Å²) in [6, 6.07) is 13.4. The van der Waals surface area contributed by atoms with Gasteiger partial charge in [0.15, 0.2) is 0 Å². The van der Waals surface area contributed by atoms with Gasteiger partial charge in [-0.15, -0.1) is 0 Å². The molecule has 1 heterocycles. The Balaban J connectivity index is 2.05. The van der Waals surface area contributed by atoms with Gasteiger partial charge < -0.3 is 5.73 Å². The molecule has 0 aliphatic heterocycles. The summed E-state index contributed by atoms with van der Waals surface area (Å²) in [4.78, 5) is 28.9. The van der Waals surface area contributed by atoms with Crippen LogP contribution in [-0.4, -0.2) is 19.8 Å². The van der Waals surface area contributed by atoms with Crippen LogP contribution < -0.4 is 5.73 Å². The van der Waals surface area contributed by atoms with Crippen molar-refractivity contribution in [3.05, 3.63) is 74.8 Å². The normalized spacial score (nSPS) is 10.4. The van der Waals surface area contributed by atoms with Crippen molar-refractivity contribution in [2.75, 3.05) is 5.73 Å². The van der Waals surface area contributed by atoms with Crippen LogP contribution in [0.4, 0.5) is 17.3 Å². The number of rotatable bonds is 4. The fourth-order valence-electron chi connectivity index (χ4n) is 2.29. The minimum Gasteiger partial charge on any atom is -0.368 e. The number of hydrogen-bond acceptors (Lipinski definition) is 7. The summed E-state index contributed by atoms with van der Waals surface area (Å²) in [6.07, 6.45) is 0. The van der Waals surface area contributed by atoms with Gasteiger partial charge in [0.2, 0.25) is 5.95 Å². The van der Waals surface area contributed by atoms with Gasteiger partial charge in [-0.05, 0) is 18.2 Å². The molecule has 9 nitrogen and oxygen atoms in total. The summed E-state index contributed by atoms with van der Waals surface area (Å²) < 4.78 is 0. The molecule has 0 unspecified atom stereocenters. The lowest BCUT2D eigenvalue weighted by Gasteiger charge is -2.06. The third-order valence-corrected chi connectivity index (χ3v) is 3.47. The molecule has 0 aliphatic carbocycles. The first-order chi connectivity index (χ1) is 11.9. The summed E-state index contributed by atoms with van der Waals surface area (Å²) in [7, 11) is 0. The predicted octanol–water partition coefficient (Wildman–Crippen LogP) is 3.21. The first-order valence-corrected chi connectivity index (χ1v) is 7.08. The minimum absolute atomic E-state index is 0.00245. The highest BCUT2D eigenvalue weighted by Gasteiger charge is 2.12. The highest BCUT2D eigenvalue weighted by Crippen LogP contribution is 2.27. The molecule has 9 heteroatoms. The average Bonchev–Trinajstić information content (AvgIpc) is 2.61. The van der Waals surface area contributed by atoms with Crippen molar-refractivity contribution in [2.45, 2.75) is 0 Å². The molecule has 0 saturated carbocycles. The van der Waals surface area contributed by atoms with E-state index in [9.17, 15) is 20.2 Å². The topological polar surface area (TPSA) is 138 Å². The van der Waals surface area contributed by atoms with E-state index in [1.54, 1.807) is 30.3 Å². The zero-order chi connectivity index (χ0) is 18.0. The zero-order valence-electron chi connectivity index (χ0n) is 12.7. The van der Waals surface area contributed by atoms with Gasteiger partial charge in [-0.25, -0.2) is 9.97 Å². The molecule has 0 spiro atoms. The number of nitrogens with zero attached hydrogens (tertiary/aromatic N) is 4. The number of aromatic nitrogens is 2. The molecule has 0 aliphatic rings. The molecule has 0 bridgehead atoms. The highest BCUT2D eigenvalue weighted by atomic mass is 16.6. The van der Waals surface area contributed by atoms with Crippen LogP contribution in [0.5, 0.6) is 0 Å². The molecule has 0 amide bonds. The summed E-state index contributed by atoms with van der Waals surface area (Å²) >= 11 is 0. The molecular weight excluding hydrogens is 326 g/mol. The quantitative estimate of drug-likeness (QED) is 0.569. The molecule has 0 atom stereocenters. The summed E-state index contributed by atoms with van der Waals surface area (Å²) in [6.45, 7) is 0. The van der Waals surface area contributed by atoms with Gasteiger partial charge in [0.25, 0.3) is 11.4 Å². The monoisotopic (exact) mass is 337 g/mol. The van der Waals surface area contributed by atoms with Gasteiger partial charge in [-0.2, -0.15) is 0 Å². The number of nitro groups is 2. The van der Waals surface area contributed by atoms with Crippen molar-refractivity contribution >= 4 is 17.3 Å². The molecule has 1 aromatic heterocycles. The van der Waals surface area contributed by atoms with Crippen molar-refractivity contribution in [3.8, 4) is 22.5 Å². The van der Waals surface area contributed by atoms with Gasteiger partial charge >= 0.3 is 0 Å². The first-order valence-electron chi connectivity index (χ1n) is 7.08. The molecule has 2 N–H and O–H groups in total. The number of nitro benzene ring substituents is 2. The Morgan fingerprint density at radius 3 is 1.96 bits per heavy atom. The van der Waals surface area contributed by atoms with Crippen LogP contribution >= 0.6 is 0 Å². The Kier molecular flexibility index (Phi) is 4.04. The van der Waals surface area contributed by atoms with Crippen molar-refractivity contribution in [3.63, 3.8) is 0 Å². The predicted molar refractivity (Wildman–Crippen MR) is 90.6 cm³/mol. The Morgan fingerprint density at radius 1 is 0.760 bits per heavy atom. The van der Waals surface area contributed by atoms with Crippen LogP contribution in [0, 0.1) is 20.2 Å². The van der Waals surface area contributed by atoms with Gasteiger partial charge in [0.05, 0.1) is 21.2 Å². The molecule has 0 saturated heterocycles. The van der Waals surface area contributed by atoms with Crippen LogP contribution in [0.3, 0.4) is 0 Å². The highest BCUT2D eigenvalue weighted by molar-refractivity contribution is 5.70. The van der Waals surface area contributed by atoms with E-state index in [0.717, 1.165) is 0 Å². The fourth-order valence-corrected chi connectivity index (χ4v) is 2.29. The number of nitrogens with two attached hydrogens (primary N) is 1. The van der Waals surface area contributed by atoms with E-state index in [4.69, 9.17) is 5.73 Å². The Morgan fingerprint density at radius 2 is 1.36 bits per heavy atom. The van der Waals surface area contributed by atoms with Crippen molar-refractivity contribution < 1.29 is 9.85 Å². The van der Waals surface area contributed by atoms with Gasteiger partial charge in [-0.3, -0.25) is 20.2 Å². The maximum Gasteiger partial charge on any atom is 0.270 e. The second kappa shape index (κ2) is 6.32. The fraction of sp³-hybridized carbons (Fsp3) is 0. The minimum atomic E-state index is -0.495. The summed E-state index contributed by atoms with van der Waals surface area (Å²) in [5.41, 5.74) is 7.66. The molecule has 3 rings (SSSR count). The smallest absolute Gasteiger partial charge is 0.270 e. The molecule has 2 aromatic carbocycles. The van der Waals surface area contributed by atoms with E-state index < -0.39 is 9.85 Å². The number of benzene rings is 2. The lowest BCUT2D eigenvalue weighted by Crippen LogP contribution is -1.99. The van der Waals surface area contributed by atoms with Gasteiger partial charge in [0.1, 0.15) is 0 Å². The van der Waals surface area contributed by atoms with Crippen molar-refractivity contribution in [2.24, 2.45) is 0 Å². The Hall–Kier alpha value is -3.88. The summed E-state index contributed by atoms with van der Waals surface area (Å²) in [5, 5.41) is 21.7. The lowest BCUT2D eigenvalue weighted by atomic mass is 10.1. The number of anilines is 1. The van der Waals surface area contributed by atoms with Crippen LogP contribution in [0.15, 0.2) is 54.6 Å². The van der Waals surface area contributed by atoms with Crippen molar-refractivity contribution in [1.82, 2.24) is 9.97 Å². The van der Waals surface area contributed by atoms with Crippen LogP contribution in [0.2, 0.25) is 0 Å². The SMILES string of the molecule is Nc1nc(-c2ccc([N+](=O)[O-])cc2)cc(-c2cccc([N+](=O)[O-])c2)n1. The van der Waals surface area contributed by atoms with E-state index >= 15 is 0 Å². The van der Waals surface area contributed by atoms with E-state index in [-0.39, 0.29) is 17.3 Å². The molecular formula is C16H11N5O4. The average molecular weight is 337 g/mol. The third kappa shape index (κ3) is 3.39. The molecule has 3 aromatic rings. The molecule has 25 heavy (non-hydrogen) atoms. The largest absolute Gasteiger partial charge is 0.368 e. The van der Waals surface area contributed by atoms with Crippen LogP contribution in [0.25, 0.3) is 22.5 Å². The second-order valence-corrected chi connectivity index (χ2v) is 5.11. The van der Waals surface area contributed by atoms with Crippen LogP contribution in [0.1, 0.15) is 0 Å². The zero-order valence-corrected chi connectivity index (χ0v) is 12.7. The van der Waals surface area contributed by atoms with Crippen LogP contribution in [-0.2, 0) is 0 Å². The van der Waals surface area contributed by atoms with E-state index in [2.05, 4.69) is 9.97 Å². The second-order valence-electron chi connectivity index (χ2n) is 5.11. The van der Waals surface area contributed by atoms with E-state index in [0.29, 0.717) is 22.5 Å². The van der Waals surface area contributed by atoms with E-state index in [1.807, 2.05) is 0 Å². The summed E-state index contributed by atoms with van der Waals surface area (Å²) in [5.74, 6) is -0.00245. The maximum atomic E-state index is 10.9. The van der Waals surface area contributed by atoms with Crippen molar-refractivity contribution in [1.29, 1.82) is 0 Å². The Labute approximate surface area is 141 Å². The first kappa shape index (κ1) is 16.0. The molecule has 0 radical (unpaired) electrons. The molecule has 124 valence electrons. The Bertz CT molecular complexity index is 973. The maximum absolute atomic E-state index is 10.9. The van der Waals surface area contributed by atoms with Gasteiger partial charge in [0, 0.05) is 35.4 Å². The number of nitrogen functional groups attached to an aromatic ring is 1.